The van der Waals surface area contributed by atoms with Crippen LogP contribution < -0.4 is 14.8 Å². The minimum atomic E-state index is -0.606. The molecule has 0 fully saturated rings. The molecule has 0 saturated heterocycles. The van der Waals surface area contributed by atoms with E-state index >= 15 is 0 Å². The lowest BCUT2D eigenvalue weighted by Crippen LogP contribution is -2.10. The first-order valence-electron chi connectivity index (χ1n) is 6.67. The van der Waals surface area contributed by atoms with E-state index in [1.165, 1.54) is 12.1 Å². The van der Waals surface area contributed by atoms with E-state index in [1.54, 1.807) is 13.0 Å². The first kappa shape index (κ1) is 13.7. The second-order valence-electron chi connectivity index (χ2n) is 5.03. The number of hydrogen-bond donors (Lipinski definition) is 1. The van der Waals surface area contributed by atoms with E-state index in [4.69, 9.17) is 9.47 Å². The molecule has 0 aromatic heterocycles. The van der Waals surface area contributed by atoms with E-state index in [2.05, 4.69) is 5.32 Å². The second kappa shape index (κ2) is 5.24. The highest BCUT2D eigenvalue weighted by atomic mass is 19.1. The van der Waals surface area contributed by atoms with Gasteiger partial charge in [0.1, 0.15) is 11.5 Å². The summed E-state index contributed by atoms with van der Waals surface area (Å²) >= 11 is 0. The van der Waals surface area contributed by atoms with Crippen LogP contribution in [0.2, 0.25) is 0 Å². The molecule has 0 amide bonds. The Morgan fingerprint density at radius 1 is 1.10 bits per heavy atom. The molecule has 2 aromatic carbocycles. The zero-order valence-corrected chi connectivity index (χ0v) is 11.7. The Kier molecular flexibility index (Phi) is 3.41. The fourth-order valence-corrected chi connectivity index (χ4v) is 2.27. The highest BCUT2D eigenvalue weighted by molar-refractivity contribution is 5.52. The van der Waals surface area contributed by atoms with Crippen molar-refractivity contribution in [3.05, 3.63) is 53.1 Å². The molecule has 3 nitrogen and oxygen atoms in total. The molecule has 3 rings (SSSR count). The molecule has 0 spiro atoms. The lowest BCUT2D eigenvalue weighted by molar-refractivity contribution is 0.174. The third kappa shape index (κ3) is 2.51. The second-order valence-corrected chi connectivity index (χ2v) is 5.03. The molecule has 21 heavy (non-hydrogen) atoms. The van der Waals surface area contributed by atoms with E-state index < -0.39 is 11.6 Å². The van der Waals surface area contributed by atoms with Crippen LogP contribution in [0.5, 0.6) is 11.5 Å². The van der Waals surface area contributed by atoms with E-state index in [0.717, 1.165) is 5.56 Å². The number of aryl methyl sites for hydroxylation is 1. The van der Waals surface area contributed by atoms with Crippen LogP contribution in [0.1, 0.15) is 24.1 Å². The van der Waals surface area contributed by atoms with Crippen molar-refractivity contribution in [2.45, 2.75) is 19.9 Å². The summed E-state index contributed by atoms with van der Waals surface area (Å²) in [5.41, 5.74) is 1.15. The monoisotopic (exact) mass is 291 g/mol. The summed E-state index contributed by atoms with van der Waals surface area (Å²) in [6.45, 7) is 3.63. The molecule has 2 aromatic rings. The van der Waals surface area contributed by atoms with E-state index in [0.29, 0.717) is 17.1 Å². The Morgan fingerprint density at radius 3 is 2.67 bits per heavy atom. The molecule has 0 aliphatic carbocycles. The first-order valence-corrected chi connectivity index (χ1v) is 6.67. The van der Waals surface area contributed by atoms with Gasteiger partial charge in [-0.1, -0.05) is 12.1 Å². The predicted molar refractivity (Wildman–Crippen MR) is 75.7 cm³/mol. The van der Waals surface area contributed by atoms with Crippen molar-refractivity contribution in [1.82, 2.24) is 0 Å². The van der Waals surface area contributed by atoms with Gasteiger partial charge in [0, 0.05) is 6.04 Å². The average Bonchev–Trinajstić information content (AvgIpc) is 2.94. The fraction of sp³-hybridized carbons (Fsp3) is 0.250. The topological polar surface area (TPSA) is 30.5 Å². The number of fused-ring (bicyclic) bond motifs is 1. The molecule has 0 saturated carbocycles. The van der Waals surface area contributed by atoms with Crippen molar-refractivity contribution in [2.75, 3.05) is 12.1 Å². The van der Waals surface area contributed by atoms with Gasteiger partial charge in [0.25, 0.3) is 0 Å². The Morgan fingerprint density at radius 2 is 1.86 bits per heavy atom. The van der Waals surface area contributed by atoms with E-state index in [1.807, 2.05) is 19.1 Å². The SMILES string of the molecule is Cc1ccc(F)c(NC(C)c2ccc3c(c2)OCO3)c1F. The van der Waals surface area contributed by atoms with Crippen molar-refractivity contribution in [3.63, 3.8) is 0 Å². The minimum Gasteiger partial charge on any atom is -0.454 e. The van der Waals surface area contributed by atoms with Crippen LogP contribution in [0, 0.1) is 18.6 Å². The third-order valence-corrected chi connectivity index (χ3v) is 3.54. The van der Waals surface area contributed by atoms with Crippen molar-refractivity contribution in [2.24, 2.45) is 0 Å². The summed E-state index contributed by atoms with van der Waals surface area (Å²) < 4.78 is 38.3. The number of ether oxygens (including phenoxy) is 2. The lowest BCUT2D eigenvalue weighted by atomic mass is 10.1. The summed E-state index contributed by atoms with van der Waals surface area (Å²) in [6.07, 6.45) is 0. The maximum atomic E-state index is 14.0. The fourth-order valence-electron chi connectivity index (χ4n) is 2.27. The zero-order valence-electron chi connectivity index (χ0n) is 11.7. The highest BCUT2D eigenvalue weighted by Crippen LogP contribution is 2.35. The maximum absolute atomic E-state index is 14.0. The van der Waals surface area contributed by atoms with Gasteiger partial charge in [-0.15, -0.1) is 0 Å². The van der Waals surface area contributed by atoms with Gasteiger partial charge in [0.2, 0.25) is 6.79 Å². The molecule has 0 bridgehead atoms. The molecular formula is C16H15F2NO2. The van der Waals surface area contributed by atoms with Crippen LogP contribution >= 0.6 is 0 Å². The van der Waals surface area contributed by atoms with Gasteiger partial charge in [0.05, 0.1) is 0 Å². The molecule has 1 unspecified atom stereocenters. The molecule has 110 valence electrons. The highest BCUT2D eigenvalue weighted by Gasteiger charge is 2.18. The smallest absolute Gasteiger partial charge is 0.231 e. The number of nitrogens with one attached hydrogen (secondary N) is 1. The first-order chi connectivity index (χ1) is 10.1. The molecule has 0 radical (unpaired) electrons. The van der Waals surface area contributed by atoms with Crippen LogP contribution in [-0.2, 0) is 0 Å². The van der Waals surface area contributed by atoms with Gasteiger partial charge < -0.3 is 14.8 Å². The molecule has 1 N–H and O–H groups in total. The Bertz CT molecular complexity index is 688. The van der Waals surface area contributed by atoms with Crippen molar-refractivity contribution < 1.29 is 18.3 Å². The van der Waals surface area contributed by atoms with Crippen LogP contribution in [-0.4, -0.2) is 6.79 Å². The molecule has 1 heterocycles. The number of hydrogen-bond acceptors (Lipinski definition) is 3. The number of rotatable bonds is 3. The van der Waals surface area contributed by atoms with Gasteiger partial charge >= 0.3 is 0 Å². The summed E-state index contributed by atoms with van der Waals surface area (Å²) in [5, 5.41) is 2.88. The van der Waals surface area contributed by atoms with Crippen LogP contribution in [0.4, 0.5) is 14.5 Å². The predicted octanol–water partition coefficient (Wildman–Crippen LogP) is 4.18. The van der Waals surface area contributed by atoms with Crippen molar-refractivity contribution in [3.8, 4) is 11.5 Å². The van der Waals surface area contributed by atoms with Gasteiger partial charge in [-0.3, -0.25) is 0 Å². The van der Waals surface area contributed by atoms with Crippen molar-refractivity contribution in [1.29, 1.82) is 0 Å². The minimum absolute atomic E-state index is 0.111. The van der Waals surface area contributed by atoms with E-state index in [-0.39, 0.29) is 18.5 Å². The number of halogens is 2. The Balaban J connectivity index is 1.87. The summed E-state index contributed by atoms with van der Waals surface area (Å²) in [7, 11) is 0. The Hall–Kier alpha value is -2.30. The van der Waals surface area contributed by atoms with Gasteiger partial charge in [-0.25, -0.2) is 8.78 Å². The van der Waals surface area contributed by atoms with E-state index in [9.17, 15) is 8.78 Å². The standard InChI is InChI=1S/C16H15F2NO2/c1-9-3-5-12(17)16(15(9)18)19-10(2)11-4-6-13-14(7-11)21-8-20-13/h3-7,10,19H,8H2,1-2H3. The molecule has 1 aliphatic rings. The van der Waals surface area contributed by atoms with Gasteiger partial charge in [-0.2, -0.15) is 0 Å². The normalized spacial score (nSPS) is 14.1. The van der Waals surface area contributed by atoms with Crippen LogP contribution in [0.15, 0.2) is 30.3 Å². The molecule has 5 heteroatoms. The lowest BCUT2D eigenvalue weighted by Gasteiger charge is -2.18. The largest absolute Gasteiger partial charge is 0.454 e. The number of anilines is 1. The van der Waals surface area contributed by atoms with Gasteiger partial charge in [0.15, 0.2) is 17.3 Å². The summed E-state index contributed by atoms with van der Waals surface area (Å²) in [6, 6.07) is 7.85. The molecule has 1 aliphatic heterocycles. The average molecular weight is 291 g/mol. The molecule has 1 atom stereocenters. The summed E-state index contributed by atoms with van der Waals surface area (Å²) in [4.78, 5) is 0. The quantitative estimate of drug-likeness (QED) is 0.920. The summed E-state index contributed by atoms with van der Waals surface area (Å²) in [5.74, 6) is 0.151. The van der Waals surface area contributed by atoms with Gasteiger partial charge in [-0.05, 0) is 43.2 Å². The molecular weight excluding hydrogens is 276 g/mol. The Labute approximate surface area is 121 Å². The zero-order chi connectivity index (χ0) is 15.0. The van der Waals surface area contributed by atoms with Crippen molar-refractivity contribution >= 4 is 5.69 Å². The van der Waals surface area contributed by atoms with Crippen LogP contribution in [0.25, 0.3) is 0 Å². The third-order valence-electron chi connectivity index (χ3n) is 3.54. The van der Waals surface area contributed by atoms with Crippen LogP contribution in [0.3, 0.4) is 0 Å². The maximum Gasteiger partial charge on any atom is 0.231 e. The number of benzene rings is 2.